The van der Waals surface area contributed by atoms with Gasteiger partial charge in [0.1, 0.15) is 6.61 Å². The second-order valence-corrected chi connectivity index (χ2v) is 5.75. The van der Waals surface area contributed by atoms with Crippen molar-refractivity contribution in [2.45, 2.75) is 33.3 Å². The molecule has 1 aromatic carbocycles. The van der Waals surface area contributed by atoms with Crippen LogP contribution in [-0.4, -0.2) is 29.2 Å². The number of ether oxygens (including phenoxy) is 1. The summed E-state index contributed by atoms with van der Waals surface area (Å²) in [6.45, 7) is 7.47. The molecule has 1 aromatic rings. The molecule has 0 aromatic heterocycles. The van der Waals surface area contributed by atoms with Crippen LogP contribution in [0.1, 0.15) is 31.9 Å². The van der Waals surface area contributed by atoms with Crippen molar-refractivity contribution in [1.82, 2.24) is 0 Å². The number of carbonyl (C=O) groups is 2. The van der Waals surface area contributed by atoms with Gasteiger partial charge in [-0.1, -0.05) is 6.07 Å². The number of carbonyl (C=O) groups excluding carboxylic acids is 1. The molecule has 0 aliphatic carbocycles. The fraction of sp³-hybridized carbons (Fsp3) is 0.375. The van der Waals surface area contributed by atoms with E-state index in [0.717, 1.165) is 11.6 Å². The summed E-state index contributed by atoms with van der Waals surface area (Å²) in [5.74, 6) is -1.26. The van der Waals surface area contributed by atoms with E-state index in [1.165, 1.54) is 6.08 Å². The Morgan fingerprint density at radius 1 is 1.29 bits per heavy atom. The summed E-state index contributed by atoms with van der Waals surface area (Å²) >= 11 is 0. The first-order chi connectivity index (χ1) is 9.65. The molecule has 0 saturated carbocycles. The predicted molar refractivity (Wildman–Crippen MR) is 82.2 cm³/mol. The first-order valence-electron chi connectivity index (χ1n) is 6.62. The highest BCUT2D eigenvalue weighted by Crippen LogP contribution is 2.16. The van der Waals surface area contributed by atoms with Crippen molar-refractivity contribution in [3.05, 3.63) is 35.4 Å². The van der Waals surface area contributed by atoms with Crippen LogP contribution >= 0.6 is 0 Å². The third-order valence-corrected chi connectivity index (χ3v) is 2.44. The van der Waals surface area contributed by atoms with Crippen LogP contribution in [0.5, 0.6) is 0 Å². The van der Waals surface area contributed by atoms with E-state index in [9.17, 15) is 9.59 Å². The number of nitrogens with one attached hydrogen (secondary N) is 1. The van der Waals surface area contributed by atoms with Crippen molar-refractivity contribution < 1.29 is 19.4 Å². The van der Waals surface area contributed by atoms with Gasteiger partial charge < -0.3 is 15.2 Å². The first kappa shape index (κ1) is 16.9. The van der Waals surface area contributed by atoms with Crippen molar-refractivity contribution in [3.63, 3.8) is 0 Å². The summed E-state index contributed by atoms with van der Waals surface area (Å²) in [7, 11) is 0. The molecule has 21 heavy (non-hydrogen) atoms. The van der Waals surface area contributed by atoms with Gasteiger partial charge in [-0.25, -0.2) is 4.79 Å². The molecule has 2 N–H and O–H groups in total. The van der Waals surface area contributed by atoms with Gasteiger partial charge >= 0.3 is 5.97 Å². The summed E-state index contributed by atoms with van der Waals surface area (Å²) in [5.41, 5.74) is 1.88. The Hall–Kier alpha value is -2.14. The van der Waals surface area contributed by atoms with Crippen LogP contribution < -0.4 is 5.32 Å². The third-order valence-electron chi connectivity index (χ3n) is 2.44. The summed E-state index contributed by atoms with van der Waals surface area (Å²) in [5, 5.41) is 11.4. The molecule has 0 aliphatic rings. The Balaban J connectivity index is 2.75. The number of amides is 1. The lowest BCUT2D eigenvalue weighted by molar-refractivity contribution is -0.131. The minimum absolute atomic E-state index is 0.0300. The zero-order valence-electron chi connectivity index (χ0n) is 12.8. The summed E-state index contributed by atoms with van der Waals surface area (Å²) < 4.78 is 5.40. The smallest absolute Gasteiger partial charge is 0.328 e. The van der Waals surface area contributed by atoms with E-state index in [1.54, 1.807) is 6.07 Å². The molecule has 0 atom stereocenters. The van der Waals surface area contributed by atoms with E-state index in [-0.39, 0.29) is 18.1 Å². The number of carboxylic acid groups (broad SMARTS) is 1. The maximum absolute atomic E-state index is 11.8. The molecule has 1 amide bonds. The molecule has 0 heterocycles. The molecule has 0 saturated heterocycles. The average Bonchev–Trinajstić information content (AvgIpc) is 2.32. The molecule has 0 aliphatic heterocycles. The Kier molecular flexibility index (Phi) is 5.67. The molecule has 0 fully saturated rings. The maximum Gasteiger partial charge on any atom is 0.328 e. The van der Waals surface area contributed by atoms with Gasteiger partial charge in [0.15, 0.2) is 0 Å². The monoisotopic (exact) mass is 291 g/mol. The van der Waals surface area contributed by atoms with Gasteiger partial charge in [-0.15, -0.1) is 0 Å². The predicted octanol–water partition coefficient (Wildman–Crippen LogP) is 2.85. The van der Waals surface area contributed by atoms with Crippen molar-refractivity contribution >= 4 is 23.6 Å². The molecule has 0 radical (unpaired) electrons. The van der Waals surface area contributed by atoms with Crippen molar-refractivity contribution in [3.8, 4) is 0 Å². The highest BCUT2D eigenvalue weighted by molar-refractivity contribution is 5.92. The number of aryl methyl sites for hydroxylation is 1. The molecule has 114 valence electrons. The zero-order valence-corrected chi connectivity index (χ0v) is 12.8. The van der Waals surface area contributed by atoms with E-state index in [0.29, 0.717) is 11.3 Å². The second-order valence-electron chi connectivity index (χ2n) is 5.75. The quantitative estimate of drug-likeness (QED) is 0.818. The molecule has 5 heteroatoms. The third kappa shape index (κ3) is 7.27. The van der Waals surface area contributed by atoms with Gasteiger partial charge in [0.25, 0.3) is 0 Å². The van der Waals surface area contributed by atoms with Crippen LogP contribution in [0.2, 0.25) is 0 Å². The number of anilines is 1. The topological polar surface area (TPSA) is 75.6 Å². The van der Waals surface area contributed by atoms with Crippen molar-refractivity contribution in [1.29, 1.82) is 0 Å². The lowest BCUT2D eigenvalue weighted by atomic mass is 10.1. The lowest BCUT2D eigenvalue weighted by Gasteiger charge is -2.19. The number of hydrogen-bond donors (Lipinski definition) is 2. The molecular formula is C16H21NO4. The first-order valence-corrected chi connectivity index (χ1v) is 6.62. The van der Waals surface area contributed by atoms with Crippen LogP contribution in [0.3, 0.4) is 0 Å². The Labute approximate surface area is 124 Å². The highest BCUT2D eigenvalue weighted by Gasteiger charge is 2.13. The molecule has 0 unspecified atom stereocenters. The Morgan fingerprint density at radius 3 is 2.52 bits per heavy atom. The van der Waals surface area contributed by atoms with Crippen molar-refractivity contribution in [2.24, 2.45) is 0 Å². The summed E-state index contributed by atoms with van der Waals surface area (Å²) in [6, 6.07) is 5.36. The van der Waals surface area contributed by atoms with Crippen LogP contribution in [-0.2, 0) is 14.3 Å². The molecule has 5 nitrogen and oxygen atoms in total. The molecule has 0 bridgehead atoms. The minimum Gasteiger partial charge on any atom is -0.478 e. The highest BCUT2D eigenvalue weighted by atomic mass is 16.5. The van der Waals surface area contributed by atoms with E-state index in [4.69, 9.17) is 9.84 Å². The SMILES string of the molecule is Cc1cc(/C=C/C(=O)O)cc(NC(=O)COC(C)(C)C)c1. The van der Waals surface area contributed by atoms with Crippen LogP contribution in [0.25, 0.3) is 6.08 Å². The number of hydrogen-bond acceptors (Lipinski definition) is 3. The molecule has 1 rings (SSSR count). The molecule has 0 spiro atoms. The van der Waals surface area contributed by atoms with Gasteiger partial charge in [-0.3, -0.25) is 4.79 Å². The van der Waals surface area contributed by atoms with Gasteiger partial charge in [0.05, 0.1) is 5.60 Å². The van der Waals surface area contributed by atoms with Crippen molar-refractivity contribution in [2.75, 3.05) is 11.9 Å². The van der Waals surface area contributed by atoms with Crippen LogP contribution in [0, 0.1) is 6.92 Å². The lowest BCUT2D eigenvalue weighted by Crippen LogP contribution is -2.27. The van der Waals surface area contributed by atoms with Gasteiger partial charge in [-0.2, -0.15) is 0 Å². The molecular weight excluding hydrogens is 270 g/mol. The standard InChI is InChI=1S/C16H21NO4/c1-11-7-12(5-6-15(19)20)9-13(8-11)17-14(18)10-21-16(2,3)4/h5-9H,10H2,1-4H3,(H,17,18)(H,19,20)/b6-5+. The zero-order chi connectivity index (χ0) is 16.0. The average molecular weight is 291 g/mol. The van der Waals surface area contributed by atoms with Crippen LogP contribution in [0.4, 0.5) is 5.69 Å². The van der Waals surface area contributed by atoms with E-state index in [1.807, 2.05) is 39.8 Å². The summed E-state index contributed by atoms with van der Waals surface area (Å²) in [6.07, 6.45) is 2.54. The largest absolute Gasteiger partial charge is 0.478 e. The summed E-state index contributed by atoms with van der Waals surface area (Å²) in [4.78, 5) is 22.3. The fourth-order valence-corrected chi connectivity index (χ4v) is 1.63. The number of carboxylic acids is 1. The normalized spacial score (nSPS) is 11.6. The van der Waals surface area contributed by atoms with E-state index in [2.05, 4.69) is 5.32 Å². The number of benzene rings is 1. The Morgan fingerprint density at radius 2 is 1.95 bits per heavy atom. The minimum atomic E-state index is -1.01. The van der Waals surface area contributed by atoms with Gasteiger partial charge in [-0.05, 0) is 57.0 Å². The van der Waals surface area contributed by atoms with Crippen LogP contribution in [0.15, 0.2) is 24.3 Å². The van der Waals surface area contributed by atoms with Gasteiger partial charge in [0.2, 0.25) is 5.91 Å². The maximum atomic E-state index is 11.8. The Bertz CT molecular complexity index is 556. The second kappa shape index (κ2) is 7.04. The van der Waals surface area contributed by atoms with E-state index >= 15 is 0 Å². The van der Waals surface area contributed by atoms with E-state index < -0.39 is 5.97 Å². The number of aliphatic carboxylic acids is 1. The number of rotatable bonds is 5. The van der Waals surface area contributed by atoms with Gasteiger partial charge in [0, 0.05) is 11.8 Å². The fourth-order valence-electron chi connectivity index (χ4n) is 1.63.